The van der Waals surface area contributed by atoms with E-state index in [4.69, 9.17) is 0 Å². The summed E-state index contributed by atoms with van der Waals surface area (Å²) >= 11 is 3.32. The molecule has 0 saturated carbocycles. The molecule has 0 unspecified atom stereocenters. The van der Waals surface area contributed by atoms with Crippen molar-refractivity contribution in [2.75, 3.05) is 13.6 Å². The average Bonchev–Trinajstić information content (AvgIpc) is 2.68. The predicted octanol–water partition coefficient (Wildman–Crippen LogP) is 3.65. The van der Waals surface area contributed by atoms with Crippen LogP contribution in [0.4, 0.5) is 0 Å². The zero-order chi connectivity index (χ0) is 19.4. The highest BCUT2D eigenvalue weighted by atomic mass is 79.9. The Morgan fingerprint density at radius 3 is 2.44 bits per heavy atom. The van der Waals surface area contributed by atoms with Gasteiger partial charge in [0.15, 0.2) is 0 Å². The SMILES string of the molecule is CN(Cc1ccccc1)C(=O)[C@H]1CCCCN1S(=O)(=O)c1ccc(Br)cc1. The lowest BCUT2D eigenvalue weighted by Crippen LogP contribution is -2.51. The predicted molar refractivity (Wildman–Crippen MR) is 109 cm³/mol. The summed E-state index contributed by atoms with van der Waals surface area (Å²) in [6, 6.07) is 15.6. The highest BCUT2D eigenvalue weighted by Gasteiger charge is 2.38. The van der Waals surface area contributed by atoms with E-state index in [1.165, 1.54) is 4.31 Å². The molecule has 1 saturated heterocycles. The third kappa shape index (κ3) is 4.59. The second-order valence-electron chi connectivity index (χ2n) is 6.76. The molecular formula is C20H23BrN2O3S. The van der Waals surface area contributed by atoms with E-state index in [9.17, 15) is 13.2 Å². The number of sulfonamides is 1. The molecule has 27 heavy (non-hydrogen) atoms. The van der Waals surface area contributed by atoms with E-state index in [0.717, 1.165) is 22.9 Å². The van der Waals surface area contributed by atoms with Gasteiger partial charge in [-0.2, -0.15) is 4.31 Å². The summed E-state index contributed by atoms with van der Waals surface area (Å²) in [5.74, 6) is -0.153. The van der Waals surface area contributed by atoms with E-state index < -0.39 is 16.1 Å². The molecule has 0 aromatic heterocycles. The van der Waals surface area contributed by atoms with Gasteiger partial charge in [-0.05, 0) is 42.7 Å². The topological polar surface area (TPSA) is 57.7 Å². The molecule has 2 aromatic rings. The Kier molecular flexibility index (Phi) is 6.34. The van der Waals surface area contributed by atoms with Crippen LogP contribution in [0.25, 0.3) is 0 Å². The van der Waals surface area contributed by atoms with Gasteiger partial charge in [-0.15, -0.1) is 0 Å². The number of piperidine rings is 1. The molecule has 7 heteroatoms. The van der Waals surface area contributed by atoms with Crippen molar-refractivity contribution in [2.45, 2.75) is 36.7 Å². The van der Waals surface area contributed by atoms with Gasteiger partial charge in [-0.1, -0.05) is 52.7 Å². The first-order valence-corrected chi connectivity index (χ1v) is 11.2. The van der Waals surface area contributed by atoms with Gasteiger partial charge in [0.2, 0.25) is 15.9 Å². The van der Waals surface area contributed by atoms with Gasteiger partial charge >= 0.3 is 0 Å². The van der Waals surface area contributed by atoms with Crippen LogP contribution in [0.15, 0.2) is 64.0 Å². The van der Waals surface area contributed by atoms with Crippen molar-refractivity contribution in [2.24, 2.45) is 0 Å². The third-order valence-corrected chi connectivity index (χ3v) is 7.25. The van der Waals surface area contributed by atoms with Crippen molar-refractivity contribution < 1.29 is 13.2 Å². The van der Waals surface area contributed by atoms with E-state index in [2.05, 4.69) is 15.9 Å². The molecule has 0 spiro atoms. The van der Waals surface area contributed by atoms with E-state index in [1.807, 2.05) is 30.3 Å². The minimum Gasteiger partial charge on any atom is -0.340 e. The van der Waals surface area contributed by atoms with Gasteiger partial charge in [0.05, 0.1) is 4.90 Å². The Labute approximate surface area is 169 Å². The van der Waals surface area contributed by atoms with Crippen LogP contribution in [0.5, 0.6) is 0 Å². The maximum absolute atomic E-state index is 13.1. The fraction of sp³-hybridized carbons (Fsp3) is 0.350. The number of carbonyl (C=O) groups is 1. The maximum atomic E-state index is 13.1. The molecular weight excluding hydrogens is 428 g/mol. The first-order valence-electron chi connectivity index (χ1n) is 8.96. The van der Waals surface area contributed by atoms with Gasteiger partial charge in [-0.3, -0.25) is 4.79 Å². The molecule has 1 aliphatic heterocycles. The van der Waals surface area contributed by atoms with Crippen LogP contribution < -0.4 is 0 Å². The smallest absolute Gasteiger partial charge is 0.243 e. The van der Waals surface area contributed by atoms with E-state index in [0.29, 0.717) is 19.5 Å². The number of rotatable bonds is 5. The van der Waals surface area contributed by atoms with Crippen LogP contribution >= 0.6 is 15.9 Å². The fourth-order valence-corrected chi connectivity index (χ4v) is 5.29. The first-order chi connectivity index (χ1) is 12.9. The van der Waals surface area contributed by atoms with E-state index >= 15 is 0 Å². The molecule has 1 heterocycles. The Bertz CT molecular complexity index is 885. The molecule has 0 N–H and O–H groups in total. The molecule has 1 aliphatic rings. The standard InChI is InChI=1S/C20H23BrN2O3S/c1-22(15-16-7-3-2-4-8-16)20(24)19-9-5-6-14-23(19)27(25,26)18-12-10-17(21)11-13-18/h2-4,7-8,10-13,19H,5-6,9,14-15H2,1H3/t19-/m1/s1. The van der Waals surface area contributed by atoms with Crippen LogP contribution in [0.1, 0.15) is 24.8 Å². The Balaban J connectivity index is 1.82. The van der Waals surface area contributed by atoms with Crippen molar-refractivity contribution in [3.05, 3.63) is 64.6 Å². The molecule has 1 fully saturated rings. The molecule has 0 bridgehead atoms. The lowest BCUT2D eigenvalue weighted by molar-refractivity contribution is -0.135. The second kappa shape index (κ2) is 8.54. The molecule has 0 radical (unpaired) electrons. The number of carbonyl (C=O) groups excluding carboxylic acids is 1. The number of benzene rings is 2. The second-order valence-corrected chi connectivity index (χ2v) is 9.57. The largest absolute Gasteiger partial charge is 0.340 e. The molecule has 5 nitrogen and oxygen atoms in total. The van der Waals surface area contributed by atoms with Crippen molar-refractivity contribution in [1.29, 1.82) is 0 Å². The Hall–Kier alpha value is -1.70. The van der Waals surface area contributed by atoms with Crippen molar-refractivity contribution in [1.82, 2.24) is 9.21 Å². The highest BCUT2D eigenvalue weighted by Crippen LogP contribution is 2.27. The maximum Gasteiger partial charge on any atom is 0.243 e. The Morgan fingerprint density at radius 2 is 1.78 bits per heavy atom. The summed E-state index contributed by atoms with van der Waals surface area (Å²) in [7, 11) is -1.98. The van der Waals surface area contributed by atoms with Crippen LogP contribution in [0.2, 0.25) is 0 Å². The lowest BCUT2D eigenvalue weighted by atomic mass is 10.0. The summed E-state index contributed by atoms with van der Waals surface area (Å²) < 4.78 is 28.5. The number of hydrogen-bond donors (Lipinski definition) is 0. The first kappa shape index (κ1) is 20.0. The number of amides is 1. The molecule has 2 aromatic carbocycles. The van der Waals surface area contributed by atoms with Crippen LogP contribution in [-0.4, -0.2) is 43.2 Å². The van der Waals surface area contributed by atoms with Crippen LogP contribution in [0.3, 0.4) is 0 Å². The summed E-state index contributed by atoms with van der Waals surface area (Å²) in [5.41, 5.74) is 1.02. The van der Waals surface area contributed by atoms with Gasteiger partial charge in [0.25, 0.3) is 0 Å². The summed E-state index contributed by atoms with van der Waals surface area (Å²) in [4.78, 5) is 14.9. The average molecular weight is 451 g/mol. The van der Waals surface area contributed by atoms with Gasteiger partial charge in [0, 0.05) is 24.6 Å². The van der Waals surface area contributed by atoms with Gasteiger partial charge in [0.1, 0.15) is 6.04 Å². The lowest BCUT2D eigenvalue weighted by Gasteiger charge is -2.35. The molecule has 1 amide bonds. The third-order valence-electron chi connectivity index (χ3n) is 4.80. The number of halogens is 1. The Morgan fingerprint density at radius 1 is 1.11 bits per heavy atom. The summed E-state index contributed by atoms with van der Waals surface area (Å²) in [6.45, 7) is 0.830. The summed E-state index contributed by atoms with van der Waals surface area (Å²) in [6.07, 6.45) is 2.16. The fourth-order valence-electron chi connectivity index (χ4n) is 3.37. The van der Waals surface area contributed by atoms with Gasteiger partial charge < -0.3 is 4.90 Å². The van der Waals surface area contributed by atoms with Crippen molar-refractivity contribution in [3.63, 3.8) is 0 Å². The van der Waals surface area contributed by atoms with E-state index in [-0.39, 0.29) is 10.8 Å². The van der Waals surface area contributed by atoms with Crippen molar-refractivity contribution in [3.8, 4) is 0 Å². The monoisotopic (exact) mass is 450 g/mol. The van der Waals surface area contributed by atoms with Crippen LogP contribution in [-0.2, 0) is 21.4 Å². The number of nitrogens with zero attached hydrogens (tertiary/aromatic N) is 2. The zero-order valence-electron chi connectivity index (χ0n) is 15.2. The zero-order valence-corrected chi connectivity index (χ0v) is 17.6. The highest BCUT2D eigenvalue weighted by molar-refractivity contribution is 9.10. The van der Waals surface area contributed by atoms with Crippen LogP contribution in [0, 0.1) is 0 Å². The molecule has 1 atom stereocenters. The van der Waals surface area contributed by atoms with E-state index in [1.54, 1.807) is 36.2 Å². The molecule has 3 rings (SSSR count). The summed E-state index contributed by atoms with van der Waals surface area (Å²) in [5, 5.41) is 0. The van der Waals surface area contributed by atoms with Gasteiger partial charge in [-0.25, -0.2) is 8.42 Å². The number of likely N-dealkylation sites (N-methyl/N-ethyl adjacent to an activating group) is 1. The normalized spacial score (nSPS) is 18.2. The molecule has 0 aliphatic carbocycles. The van der Waals surface area contributed by atoms with Crippen molar-refractivity contribution >= 4 is 31.9 Å². The quantitative estimate of drug-likeness (QED) is 0.698. The number of hydrogen-bond acceptors (Lipinski definition) is 3. The molecule has 144 valence electrons. The minimum absolute atomic E-state index is 0.153. The minimum atomic E-state index is -3.71.